The van der Waals surface area contributed by atoms with Gasteiger partial charge in [0.2, 0.25) is 5.91 Å². The first-order valence-corrected chi connectivity index (χ1v) is 7.93. The number of para-hydroxylation sites is 1. The Kier molecular flexibility index (Phi) is 3.22. The monoisotopic (exact) mass is 349 g/mol. The Morgan fingerprint density at radius 1 is 1.26 bits per heavy atom. The highest BCUT2D eigenvalue weighted by Gasteiger charge is 2.56. The van der Waals surface area contributed by atoms with E-state index in [9.17, 15) is 4.79 Å². The highest BCUT2D eigenvalue weighted by atomic mass is 35.5. The lowest BCUT2D eigenvalue weighted by Crippen LogP contribution is -2.17. The zero-order valence-corrected chi connectivity index (χ0v) is 13.7. The fourth-order valence-electron chi connectivity index (χ4n) is 2.74. The highest BCUT2D eigenvalue weighted by molar-refractivity contribution is 6.52. The van der Waals surface area contributed by atoms with Crippen LogP contribution in [-0.4, -0.2) is 17.4 Å². The Morgan fingerprint density at radius 3 is 2.70 bits per heavy atom. The van der Waals surface area contributed by atoms with Crippen LogP contribution in [0.5, 0.6) is 5.75 Å². The van der Waals surface area contributed by atoms with E-state index in [1.807, 2.05) is 30.3 Å². The van der Waals surface area contributed by atoms with E-state index in [1.165, 1.54) is 0 Å². The number of halogens is 2. The SMILES string of the molecule is COc1cc2c(cc1NC(=O)[C@H]1CC1(Cl)Cl)oc1ccccc12. The summed E-state index contributed by atoms with van der Waals surface area (Å²) in [6, 6.07) is 11.4. The fourth-order valence-corrected chi connectivity index (χ4v) is 3.24. The van der Waals surface area contributed by atoms with Crippen LogP contribution in [0, 0.1) is 5.92 Å². The standard InChI is InChI=1S/C17H13Cl2NO3/c1-22-15-6-10-9-4-2-3-5-13(9)23-14(10)7-12(15)20-16(21)11-8-17(11,18)19/h2-7,11H,8H2,1H3,(H,20,21)/t11-/m1/s1. The van der Waals surface area contributed by atoms with Crippen molar-refractivity contribution in [2.75, 3.05) is 12.4 Å². The van der Waals surface area contributed by atoms with Gasteiger partial charge in [0.05, 0.1) is 18.7 Å². The van der Waals surface area contributed by atoms with E-state index in [4.69, 9.17) is 32.4 Å². The van der Waals surface area contributed by atoms with Crippen molar-refractivity contribution < 1.29 is 13.9 Å². The van der Waals surface area contributed by atoms with E-state index >= 15 is 0 Å². The number of methoxy groups -OCH3 is 1. The fraction of sp³-hybridized carbons (Fsp3) is 0.235. The van der Waals surface area contributed by atoms with Gasteiger partial charge in [0.1, 0.15) is 21.2 Å². The summed E-state index contributed by atoms with van der Waals surface area (Å²) in [4.78, 5) is 12.2. The van der Waals surface area contributed by atoms with Gasteiger partial charge >= 0.3 is 0 Å². The lowest BCUT2D eigenvalue weighted by molar-refractivity contribution is -0.117. The van der Waals surface area contributed by atoms with Gasteiger partial charge in [-0.3, -0.25) is 4.79 Å². The number of alkyl halides is 2. The van der Waals surface area contributed by atoms with Crippen LogP contribution in [0.4, 0.5) is 5.69 Å². The Balaban J connectivity index is 1.77. The maximum atomic E-state index is 12.2. The van der Waals surface area contributed by atoms with E-state index in [0.29, 0.717) is 23.4 Å². The minimum absolute atomic E-state index is 0.219. The normalized spacial score (nSPS) is 19.0. The molecule has 4 nitrogen and oxygen atoms in total. The molecule has 1 saturated carbocycles. The van der Waals surface area contributed by atoms with Crippen molar-refractivity contribution in [3.8, 4) is 5.75 Å². The second-order valence-corrected chi connectivity index (χ2v) is 7.20. The van der Waals surface area contributed by atoms with Gasteiger partial charge in [-0.25, -0.2) is 0 Å². The molecule has 1 N–H and O–H groups in total. The van der Waals surface area contributed by atoms with Crippen LogP contribution >= 0.6 is 23.2 Å². The minimum atomic E-state index is -0.958. The molecule has 23 heavy (non-hydrogen) atoms. The number of rotatable bonds is 3. The number of hydrogen-bond donors (Lipinski definition) is 1. The third kappa shape index (κ3) is 2.42. The van der Waals surface area contributed by atoms with Gasteiger partial charge in [0.25, 0.3) is 0 Å². The molecule has 1 aromatic heterocycles. The molecule has 2 aromatic carbocycles. The molecule has 1 atom stereocenters. The van der Waals surface area contributed by atoms with Crippen LogP contribution in [0.15, 0.2) is 40.8 Å². The zero-order chi connectivity index (χ0) is 16.2. The number of fused-ring (bicyclic) bond motifs is 3. The third-order valence-corrected chi connectivity index (χ3v) is 4.93. The number of hydrogen-bond acceptors (Lipinski definition) is 3. The second kappa shape index (κ2) is 5.05. The topological polar surface area (TPSA) is 51.5 Å². The summed E-state index contributed by atoms with van der Waals surface area (Å²) >= 11 is 11.9. The number of ether oxygens (including phenoxy) is 1. The van der Waals surface area contributed by atoms with E-state index < -0.39 is 10.3 Å². The van der Waals surface area contributed by atoms with Gasteiger partial charge in [-0.2, -0.15) is 0 Å². The average Bonchev–Trinajstić information content (AvgIpc) is 3.03. The molecule has 0 saturated heterocycles. The van der Waals surface area contributed by atoms with Crippen LogP contribution in [0.25, 0.3) is 21.9 Å². The summed E-state index contributed by atoms with van der Waals surface area (Å²) in [5.74, 6) is -0.0570. The van der Waals surface area contributed by atoms with Gasteiger partial charge in [0, 0.05) is 16.8 Å². The van der Waals surface area contributed by atoms with Crippen molar-refractivity contribution in [1.29, 1.82) is 0 Å². The van der Waals surface area contributed by atoms with Crippen LogP contribution in [0.3, 0.4) is 0 Å². The third-order valence-electron chi connectivity index (χ3n) is 4.10. The van der Waals surface area contributed by atoms with Gasteiger partial charge in [0.15, 0.2) is 0 Å². The number of furan rings is 1. The molecular formula is C17H13Cl2NO3. The molecule has 1 fully saturated rings. The molecule has 4 rings (SSSR count). The average molecular weight is 350 g/mol. The summed E-state index contributed by atoms with van der Waals surface area (Å²) in [5.41, 5.74) is 2.01. The first-order valence-electron chi connectivity index (χ1n) is 7.17. The van der Waals surface area contributed by atoms with Crippen molar-refractivity contribution in [3.63, 3.8) is 0 Å². The van der Waals surface area contributed by atoms with Gasteiger partial charge in [-0.1, -0.05) is 18.2 Å². The molecule has 0 spiro atoms. The predicted molar refractivity (Wildman–Crippen MR) is 91.4 cm³/mol. The number of nitrogens with one attached hydrogen (secondary N) is 1. The molecular weight excluding hydrogens is 337 g/mol. The largest absolute Gasteiger partial charge is 0.495 e. The van der Waals surface area contributed by atoms with E-state index in [1.54, 1.807) is 13.2 Å². The summed E-state index contributed by atoms with van der Waals surface area (Å²) in [7, 11) is 1.56. The minimum Gasteiger partial charge on any atom is -0.495 e. The van der Waals surface area contributed by atoms with E-state index in [2.05, 4.69) is 5.32 Å². The summed E-state index contributed by atoms with van der Waals surface area (Å²) in [6.45, 7) is 0. The zero-order valence-electron chi connectivity index (χ0n) is 12.2. The molecule has 1 aliphatic carbocycles. The summed E-state index contributed by atoms with van der Waals surface area (Å²) in [6.07, 6.45) is 0.455. The molecule has 0 unspecified atom stereocenters. The number of carbonyl (C=O) groups is 1. The second-order valence-electron chi connectivity index (χ2n) is 5.65. The summed E-state index contributed by atoms with van der Waals surface area (Å²) in [5, 5.41) is 4.76. The van der Waals surface area contributed by atoms with Crippen LogP contribution in [-0.2, 0) is 4.79 Å². The van der Waals surface area contributed by atoms with Crippen molar-refractivity contribution in [1.82, 2.24) is 0 Å². The number of benzene rings is 2. The molecule has 0 radical (unpaired) electrons. The van der Waals surface area contributed by atoms with Gasteiger partial charge < -0.3 is 14.5 Å². The van der Waals surface area contributed by atoms with E-state index in [-0.39, 0.29) is 5.91 Å². The van der Waals surface area contributed by atoms with Crippen molar-refractivity contribution in [2.24, 2.45) is 5.92 Å². The van der Waals surface area contributed by atoms with Crippen molar-refractivity contribution in [3.05, 3.63) is 36.4 Å². The lowest BCUT2D eigenvalue weighted by Gasteiger charge is -2.10. The quantitative estimate of drug-likeness (QED) is 0.695. The molecule has 1 heterocycles. The van der Waals surface area contributed by atoms with E-state index in [0.717, 1.165) is 16.4 Å². The van der Waals surface area contributed by atoms with Crippen LogP contribution in [0.2, 0.25) is 0 Å². The molecule has 0 bridgehead atoms. The van der Waals surface area contributed by atoms with Gasteiger partial charge in [-0.15, -0.1) is 23.2 Å². The summed E-state index contributed by atoms with van der Waals surface area (Å²) < 4.78 is 10.3. The lowest BCUT2D eigenvalue weighted by atomic mass is 10.1. The first kappa shape index (κ1) is 14.7. The van der Waals surface area contributed by atoms with Crippen molar-refractivity contribution >= 4 is 56.7 Å². The Hall–Kier alpha value is -1.91. The molecule has 118 valence electrons. The first-order chi connectivity index (χ1) is 11.0. The number of amides is 1. The Labute approximate surface area is 142 Å². The predicted octanol–water partition coefficient (Wildman–Crippen LogP) is 4.73. The Bertz CT molecular complexity index is 932. The van der Waals surface area contributed by atoms with Crippen LogP contribution in [0.1, 0.15) is 6.42 Å². The molecule has 1 aliphatic rings. The smallest absolute Gasteiger partial charge is 0.230 e. The Morgan fingerprint density at radius 2 is 2.00 bits per heavy atom. The molecule has 0 aliphatic heterocycles. The van der Waals surface area contributed by atoms with Gasteiger partial charge in [-0.05, 0) is 18.6 Å². The number of carbonyl (C=O) groups excluding carboxylic acids is 1. The maximum Gasteiger partial charge on any atom is 0.230 e. The molecule has 6 heteroatoms. The maximum absolute atomic E-state index is 12.2. The highest BCUT2D eigenvalue weighted by Crippen LogP contribution is 2.53. The molecule has 1 amide bonds. The molecule has 3 aromatic rings. The van der Waals surface area contributed by atoms with Crippen molar-refractivity contribution in [2.45, 2.75) is 10.8 Å². The number of anilines is 1. The van der Waals surface area contributed by atoms with Crippen LogP contribution < -0.4 is 10.1 Å².